The van der Waals surface area contributed by atoms with Crippen molar-refractivity contribution in [1.29, 1.82) is 0 Å². The lowest BCUT2D eigenvalue weighted by Crippen LogP contribution is -2.56. The van der Waals surface area contributed by atoms with E-state index in [0.29, 0.717) is 23.0 Å². The quantitative estimate of drug-likeness (QED) is 0.845. The minimum absolute atomic E-state index is 0.00619. The third-order valence-electron chi connectivity index (χ3n) is 5.06. The Morgan fingerprint density at radius 3 is 2.87 bits per heavy atom. The first-order chi connectivity index (χ1) is 11.1. The van der Waals surface area contributed by atoms with Crippen molar-refractivity contribution in [3.63, 3.8) is 0 Å². The first-order valence-electron chi connectivity index (χ1n) is 8.17. The molecule has 2 fully saturated rings. The molecular weight excluding hydrogens is 310 g/mol. The number of sulfonamides is 1. The van der Waals surface area contributed by atoms with E-state index in [1.807, 2.05) is 25.1 Å². The maximum atomic E-state index is 13.3. The number of aromatic nitrogens is 1. The summed E-state index contributed by atoms with van der Waals surface area (Å²) in [5, 5.41) is 0.862. The van der Waals surface area contributed by atoms with Crippen LogP contribution in [-0.4, -0.2) is 54.3 Å². The van der Waals surface area contributed by atoms with Crippen molar-refractivity contribution < 1.29 is 8.42 Å². The molecule has 3 heterocycles. The Labute approximate surface area is 137 Å². The van der Waals surface area contributed by atoms with Crippen LogP contribution in [0.3, 0.4) is 0 Å². The molecule has 2 unspecified atom stereocenters. The zero-order chi connectivity index (χ0) is 16.0. The van der Waals surface area contributed by atoms with Crippen LogP contribution >= 0.6 is 0 Å². The van der Waals surface area contributed by atoms with Crippen LogP contribution in [0.4, 0.5) is 0 Å². The van der Waals surface area contributed by atoms with E-state index in [9.17, 15) is 8.42 Å². The van der Waals surface area contributed by atoms with Gasteiger partial charge >= 0.3 is 0 Å². The number of hydrogen-bond donors (Lipinski definition) is 0. The van der Waals surface area contributed by atoms with E-state index in [0.717, 1.165) is 24.9 Å². The van der Waals surface area contributed by atoms with E-state index in [1.54, 1.807) is 22.6 Å². The molecule has 2 saturated heterocycles. The molecule has 0 spiro atoms. The normalized spacial score (nSPS) is 26.5. The fraction of sp³-hybridized carbons (Fsp3) is 0.471. The molecular formula is C17H21N3O2S. The number of fused-ring (bicyclic) bond motifs is 2. The maximum absolute atomic E-state index is 13.3. The molecule has 2 aliphatic heterocycles. The Hall–Kier alpha value is -1.50. The van der Waals surface area contributed by atoms with Gasteiger partial charge in [0.05, 0.1) is 5.52 Å². The van der Waals surface area contributed by atoms with Crippen molar-refractivity contribution in [3.8, 4) is 0 Å². The lowest BCUT2D eigenvalue weighted by Gasteiger charge is -2.41. The smallest absolute Gasteiger partial charge is 0.245 e. The summed E-state index contributed by atoms with van der Waals surface area (Å²) in [5.41, 5.74) is 0.566. The number of rotatable bonds is 2. The van der Waals surface area contributed by atoms with Gasteiger partial charge in [0.15, 0.2) is 0 Å². The molecule has 0 bridgehead atoms. The van der Waals surface area contributed by atoms with Crippen LogP contribution in [-0.2, 0) is 10.0 Å². The first kappa shape index (κ1) is 15.1. The largest absolute Gasteiger partial charge is 0.297 e. The highest BCUT2D eigenvalue weighted by atomic mass is 32.2. The van der Waals surface area contributed by atoms with Crippen molar-refractivity contribution >= 4 is 20.9 Å². The fourth-order valence-electron chi connectivity index (χ4n) is 3.91. The second-order valence-corrected chi connectivity index (χ2v) is 8.40. The predicted molar refractivity (Wildman–Crippen MR) is 89.7 cm³/mol. The second-order valence-electron chi connectivity index (χ2n) is 6.55. The Balaban J connectivity index is 1.77. The van der Waals surface area contributed by atoms with Crippen molar-refractivity contribution in [1.82, 2.24) is 14.2 Å². The molecule has 6 heteroatoms. The monoisotopic (exact) mass is 331 g/mol. The first-order valence-corrected chi connectivity index (χ1v) is 9.61. The van der Waals surface area contributed by atoms with Crippen LogP contribution in [0.25, 0.3) is 10.9 Å². The highest BCUT2D eigenvalue weighted by molar-refractivity contribution is 7.89. The predicted octanol–water partition coefficient (Wildman–Crippen LogP) is 2.09. The average molecular weight is 331 g/mol. The molecule has 0 radical (unpaired) electrons. The van der Waals surface area contributed by atoms with E-state index in [1.165, 1.54) is 6.42 Å². The van der Waals surface area contributed by atoms with E-state index in [4.69, 9.17) is 0 Å². The summed E-state index contributed by atoms with van der Waals surface area (Å²) >= 11 is 0. The molecule has 4 rings (SSSR count). The zero-order valence-electron chi connectivity index (χ0n) is 13.2. The van der Waals surface area contributed by atoms with Crippen LogP contribution in [0.2, 0.25) is 0 Å². The van der Waals surface area contributed by atoms with Gasteiger partial charge in [-0.05, 0) is 38.4 Å². The molecule has 122 valence electrons. The summed E-state index contributed by atoms with van der Waals surface area (Å²) in [6.45, 7) is 4.51. The highest BCUT2D eigenvalue weighted by Crippen LogP contribution is 2.31. The Morgan fingerprint density at radius 1 is 1.17 bits per heavy atom. The van der Waals surface area contributed by atoms with Gasteiger partial charge in [-0.1, -0.05) is 18.2 Å². The SMILES string of the molecule is CC1CN2CCCC2CN1S(=O)(=O)c1cccc2cccnc12. The number of nitrogens with zero attached hydrogens (tertiary/aromatic N) is 3. The van der Waals surface area contributed by atoms with Gasteiger partial charge in [-0.2, -0.15) is 4.31 Å². The van der Waals surface area contributed by atoms with E-state index >= 15 is 0 Å². The highest BCUT2D eigenvalue weighted by Gasteiger charge is 2.40. The van der Waals surface area contributed by atoms with Gasteiger partial charge in [0.1, 0.15) is 4.90 Å². The molecule has 23 heavy (non-hydrogen) atoms. The number of hydrogen-bond acceptors (Lipinski definition) is 4. The van der Waals surface area contributed by atoms with Gasteiger partial charge in [0.25, 0.3) is 0 Å². The molecule has 1 aromatic carbocycles. The van der Waals surface area contributed by atoms with Crippen molar-refractivity contribution in [2.45, 2.75) is 36.7 Å². The minimum atomic E-state index is -3.53. The van der Waals surface area contributed by atoms with Gasteiger partial charge in [-0.25, -0.2) is 8.42 Å². The summed E-state index contributed by atoms with van der Waals surface area (Å²) in [6.07, 6.45) is 3.91. The van der Waals surface area contributed by atoms with Gasteiger partial charge < -0.3 is 0 Å². The van der Waals surface area contributed by atoms with Crippen molar-refractivity contribution in [2.24, 2.45) is 0 Å². The van der Waals surface area contributed by atoms with Gasteiger partial charge in [0.2, 0.25) is 10.0 Å². The van der Waals surface area contributed by atoms with Crippen LogP contribution in [0.15, 0.2) is 41.4 Å². The van der Waals surface area contributed by atoms with Crippen molar-refractivity contribution in [2.75, 3.05) is 19.6 Å². The lowest BCUT2D eigenvalue weighted by molar-refractivity contribution is 0.117. The van der Waals surface area contributed by atoms with Crippen LogP contribution in [0.1, 0.15) is 19.8 Å². The van der Waals surface area contributed by atoms with E-state index in [-0.39, 0.29) is 6.04 Å². The molecule has 0 aliphatic carbocycles. The van der Waals surface area contributed by atoms with Crippen LogP contribution in [0.5, 0.6) is 0 Å². The molecule has 0 amide bonds. The average Bonchev–Trinajstić information content (AvgIpc) is 3.00. The number of benzene rings is 1. The van der Waals surface area contributed by atoms with Crippen molar-refractivity contribution in [3.05, 3.63) is 36.5 Å². The van der Waals surface area contributed by atoms with Crippen LogP contribution in [0, 0.1) is 0 Å². The summed E-state index contributed by atoms with van der Waals surface area (Å²) in [4.78, 5) is 7.07. The van der Waals surface area contributed by atoms with Gasteiger partial charge in [0, 0.05) is 36.8 Å². The summed E-state index contributed by atoms with van der Waals surface area (Å²) < 4.78 is 28.2. The molecule has 2 aromatic rings. The number of pyridine rings is 1. The summed E-state index contributed by atoms with van der Waals surface area (Å²) in [5.74, 6) is 0. The molecule has 2 aliphatic rings. The second kappa shape index (κ2) is 5.54. The summed E-state index contributed by atoms with van der Waals surface area (Å²) in [7, 11) is -3.53. The van der Waals surface area contributed by atoms with Gasteiger partial charge in [-0.15, -0.1) is 0 Å². The van der Waals surface area contributed by atoms with Crippen LogP contribution < -0.4 is 0 Å². The molecule has 0 saturated carbocycles. The topological polar surface area (TPSA) is 53.5 Å². The molecule has 2 atom stereocenters. The molecule has 0 N–H and O–H groups in total. The third-order valence-corrected chi connectivity index (χ3v) is 7.07. The third kappa shape index (κ3) is 2.45. The van der Waals surface area contributed by atoms with E-state index < -0.39 is 10.0 Å². The zero-order valence-corrected chi connectivity index (χ0v) is 14.0. The fourth-order valence-corrected chi connectivity index (χ4v) is 5.73. The Morgan fingerprint density at radius 2 is 2.00 bits per heavy atom. The van der Waals surface area contributed by atoms with Gasteiger partial charge in [-0.3, -0.25) is 9.88 Å². The number of para-hydroxylation sites is 1. The Kier molecular flexibility index (Phi) is 3.63. The summed E-state index contributed by atoms with van der Waals surface area (Å²) in [6, 6.07) is 9.47. The van der Waals surface area contributed by atoms with E-state index in [2.05, 4.69) is 9.88 Å². The Bertz CT molecular complexity index is 831. The molecule has 5 nitrogen and oxygen atoms in total. The number of piperazine rings is 1. The lowest BCUT2D eigenvalue weighted by atomic mass is 10.1. The minimum Gasteiger partial charge on any atom is -0.297 e. The maximum Gasteiger partial charge on any atom is 0.245 e. The molecule has 1 aromatic heterocycles. The standard InChI is InChI=1S/C17H21N3O2S/c1-13-11-19-10-4-7-15(19)12-20(13)23(21,22)16-8-2-5-14-6-3-9-18-17(14)16/h2-3,5-6,8-9,13,15H,4,7,10-12H2,1H3.